The zero-order chi connectivity index (χ0) is 14.4. The zero-order valence-electron chi connectivity index (χ0n) is 12.4. The zero-order valence-corrected chi connectivity index (χ0v) is 12.4. The molecule has 0 aliphatic heterocycles. The van der Waals surface area contributed by atoms with E-state index < -0.39 is 0 Å². The van der Waals surface area contributed by atoms with Crippen LogP contribution < -0.4 is 10.2 Å². The van der Waals surface area contributed by atoms with Gasteiger partial charge >= 0.3 is 0 Å². The van der Waals surface area contributed by atoms with E-state index in [-0.39, 0.29) is 0 Å². The van der Waals surface area contributed by atoms with Gasteiger partial charge in [0.1, 0.15) is 5.82 Å². The summed E-state index contributed by atoms with van der Waals surface area (Å²) in [6.07, 6.45) is 2.92. The number of aromatic nitrogens is 2. The van der Waals surface area contributed by atoms with Crippen LogP contribution >= 0.6 is 0 Å². The van der Waals surface area contributed by atoms with Crippen LogP contribution in [0.15, 0.2) is 42.6 Å². The molecule has 0 fully saturated rings. The van der Waals surface area contributed by atoms with E-state index in [0.717, 1.165) is 24.5 Å². The molecule has 0 amide bonds. The summed E-state index contributed by atoms with van der Waals surface area (Å²) in [5, 5.41) is 3.34. The highest BCUT2D eigenvalue weighted by Gasteiger charge is 2.07. The Balaban J connectivity index is 2.05. The molecule has 20 heavy (non-hydrogen) atoms. The van der Waals surface area contributed by atoms with Crippen LogP contribution in [0.5, 0.6) is 0 Å². The van der Waals surface area contributed by atoms with Crippen LogP contribution in [0.3, 0.4) is 0 Å². The molecule has 0 bridgehead atoms. The molecule has 2 rings (SSSR count). The predicted molar refractivity (Wildman–Crippen MR) is 84.5 cm³/mol. The summed E-state index contributed by atoms with van der Waals surface area (Å²) in [7, 11) is 1.97. The van der Waals surface area contributed by atoms with Crippen molar-refractivity contribution < 1.29 is 0 Å². The van der Waals surface area contributed by atoms with Gasteiger partial charge in [0.25, 0.3) is 0 Å². The van der Waals surface area contributed by atoms with E-state index >= 15 is 0 Å². The Morgan fingerprint density at radius 1 is 1.15 bits per heavy atom. The number of hydrogen-bond donors (Lipinski definition) is 1. The minimum Gasteiger partial charge on any atom is -0.370 e. The van der Waals surface area contributed by atoms with Gasteiger partial charge in [-0.3, -0.25) is 0 Å². The Bertz CT molecular complexity index is 525. The van der Waals surface area contributed by atoms with Crippen LogP contribution in [0.1, 0.15) is 20.3 Å². The standard InChI is InChI=1S/C16H22N4/c1-13(2)9-11-17-15-10-12-18-16(19-15)20(3)14-7-5-4-6-8-14/h4-8,10,12-13H,9,11H2,1-3H3,(H,17,18,19). The molecule has 1 aromatic carbocycles. The normalized spacial score (nSPS) is 10.6. The molecule has 0 atom stereocenters. The number of nitrogens with zero attached hydrogens (tertiary/aromatic N) is 3. The van der Waals surface area contributed by atoms with E-state index in [1.807, 2.05) is 48.3 Å². The van der Waals surface area contributed by atoms with E-state index in [4.69, 9.17) is 0 Å². The molecular formula is C16H22N4. The Morgan fingerprint density at radius 3 is 2.60 bits per heavy atom. The smallest absolute Gasteiger partial charge is 0.231 e. The molecule has 106 valence electrons. The monoisotopic (exact) mass is 270 g/mol. The van der Waals surface area contributed by atoms with Gasteiger partial charge < -0.3 is 10.2 Å². The molecule has 0 saturated carbocycles. The number of anilines is 3. The first kappa shape index (κ1) is 14.3. The van der Waals surface area contributed by atoms with Crippen molar-refractivity contribution in [3.8, 4) is 0 Å². The van der Waals surface area contributed by atoms with Crippen molar-refractivity contribution in [1.82, 2.24) is 9.97 Å². The lowest BCUT2D eigenvalue weighted by Crippen LogP contribution is -2.14. The van der Waals surface area contributed by atoms with E-state index in [2.05, 4.69) is 29.1 Å². The van der Waals surface area contributed by atoms with E-state index in [0.29, 0.717) is 11.9 Å². The second-order valence-corrected chi connectivity index (χ2v) is 5.25. The second-order valence-electron chi connectivity index (χ2n) is 5.25. The predicted octanol–water partition coefficient (Wildman–Crippen LogP) is 3.70. The van der Waals surface area contributed by atoms with Crippen molar-refractivity contribution in [2.45, 2.75) is 20.3 Å². The maximum Gasteiger partial charge on any atom is 0.231 e. The first-order chi connectivity index (χ1) is 9.66. The summed E-state index contributed by atoms with van der Waals surface area (Å²) in [6, 6.07) is 12.0. The highest BCUT2D eigenvalue weighted by atomic mass is 15.2. The molecule has 0 aliphatic rings. The molecule has 1 aromatic heterocycles. The fourth-order valence-electron chi connectivity index (χ4n) is 1.86. The van der Waals surface area contributed by atoms with Gasteiger partial charge in [0, 0.05) is 25.5 Å². The average Bonchev–Trinajstić information content (AvgIpc) is 2.47. The summed E-state index contributed by atoms with van der Waals surface area (Å²) in [6.45, 7) is 5.37. The molecule has 0 spiro atoms. The van der Waals surface area contributed by atoms with Crippen LogP contribution in [0.2, 0.25) is 0 Å². The van der Waals surface area contributed by atoms with Gasteiger partial charge in [-0.15, -0.1) is 0 Å². The van der Waals surface area contributed by atoms with Crippen LogP contribution in [-0.4, -0.2) is 23.6 Å². The average molecular weight is 270 g/mol. The molecule has 0 aliphatic carbocycles. The summed E-state index contributed by atoms with van der Waals surface area (Å²) < 4.78 is 0. The Hall–Kier alpha value is -2.10. The van der Waals surface area contributed by atoms with Crippen molar-refractivity contribution in [1.29, 1.82) is 0 Å². The Morgan fingerprint density at radius 2 is 1.90 bits per heavy atom. The topological polar surface area (TPSA) is 41.1 Å². The number of benzene rings is 1. The maximum atomic E-state index is 4.55. The number of nitrogens with one attached hydrogen (secondary N) is 1. The van der Waals surface area contributed by atoms with Gasteiger partial charge in [-0.05, 0) is 30.5 Å². The molecule has 2 aromatic rings. The second kappa shape index (κ2) is 6.89. The fourth-order valence-corrected chi connectivity index (χ4v) is 1.86. The van der Waals surface area contributed by atoms with Gasteiger partial charge in [0.2, 0.25) is 5.95 Å². The van der Waals surface area contributed by atoms with Crippen LogP contribution in [-0.2, 0) is 0 Å². The quantitative estimate of drug-likeness (QED) is 0.869. The summed E-state index contributed by atoms with van der Waals surface area (Å²) in [5.74, 6) is 2.26. The molecule has 1 N–H and O–H groups in total. The third kappa shape index (κ3) is 3.95. The molecular weight excluding hydrogens is 248 g/mol. The highest BCUT2D eigenvalue weighted by molar-refractivity contribution is 5.57. The number of para-hydroxylation sites is 1. The van der Waals surface area contributed by atoms with Crippen molar-refractivity contribution in [3.63, 3.8) is 0 Å². The largest absolute Gasteiger partial charge is 0.370 e. The highest BCUT2D eigenvalue weighted by Crippen LogP contribution is 2.20. The summed E-state index contributed by atoms with van der Waals surface area (Å²) >= 11 is 0. The van der Waals surface area contributed by atoms with Crippen LogP contribution in [0.4, 0.5) is 17.5 Å². The summed E-state index contributed by atoms with van der Waals surface area (Å²) in [5.41, 5.74) is 1.08. The van der Waals surface area contributed by atoms with Crippen LogP contribution in [0.25, 0.3) is 0 Å². The van der Waals surface area contributed by atoms with E-state index in [1.54, 1.807) is 6.20 Å². The van der Waals surface area contributed by atoms with Gasteiger partial charge in [-0.25, -0.2) is 4.98 Å². The molecule has 0 saturated heterocycles. The number of rotatable bonds is 6. The first-order valence-electron chi connectivity index (χ1n) is 7.02. The first-order valence-corrected chi connectivity index (χ1v) is 7.02. The molecule has 4 nitrogen and oxygen atoms in total. The van der Waals surface area contributed by atoms with Gasteiger partial charge in [-0.2, -0.15) is 4.98 Å². The SMILES string of the molecule is CC(C)CCNc1ccnc(N(C)c2ccccc2)n1. The molecule has 0 radical (unpaired) electrons. The van der Waals surface area contributed by atoms with E-state index in [9.17, 15) is 0 Å². The maximum absolute atomic E-state index is 4.55. The van der Waals surface area contributed by atoms with Gasteiger partial charge in [0.05, 0.1) is 0 Å². The lowest BCUT2D eigenvalue weighted by Gasteiger charge is -2.17. The third-order valence-electron chi connectivity index (χ3n) is 3.11. The van der Waals surface area contributed by atoms with Crippen molar-refractivity contribution in [3.05, 3.63) is 42.6 Å². The Labute approximate surface area is 120 Å². The Kier molecular flexibility index (Phi) is 4.93. The number of hydrogen-bond acceptors (Lipinski definition) is 4. The van der Waals surface area contributed by atoms with Crippen molar-refractivity contribution >= 4 is 17.5 Å². The van der Waals surface area contributed by atoms with Gasteiger partial charge in [0.15, 0.2) is 0 Å². The van der Waals surface area contributed by atoms with E-state index in [1.165, 1.54) is 0 Å². The molecule has 4 heteroatoms. The lowest BCUT2D eigenvalue weighted by atomic mass is 10.1. The minimum absolute atomic E-state index is 0.691. The van der Waals surface area contributed by atoms with Crippen LogP contribution in [0, 0.1) is 5.92 Å². The molecule has 0 unspecified atom stereocenters. The fraction of sp³-hybridized carbons (Fsp3) is 0.375. The van der Waals surface area contributed by atoms with Gasteiger partial charge in [-0.1, -0.05) is 32.0 Å². The van der Waals surface area contributed by atoms with Crippen molar-refractivity contribution in [2.75, 3.05) is 23.8 Å². The lowest BCUT2D eigenvalue weighted by molar-refractivity contribution is 0.606. The summed E-state index contributed by atoms with van der Waals surface area (Å²) in [4.78, 5) is 10.9. The minimum atomic E-state index is 0.691. The molecule has 1 heterocycles. The van der Waals surface area contributed by atoms with Crippen molar-refractivity contribution in [2.24, 2.45) is 5.92 Å². The third-order valence-corrected chi connectivity index (χ3v) is 3.11.